The Bertz CT molecular complexity index is 604. The highest BCUT2D eigenvalue weighted by Gasteiger charge is 2.38. The van der Waals surface area contributed by atoms with Crippen LogP contribution in [0.25, 0.3) is 0 Å². The van der Waals surface area contributed by atoms with Crippen molar-refractivity contribution in [3.63, 3.8) is 0 Å². The van der Waals surface area contributed by atoms with Crippen LogP contribution in [-0.4, -0.2) is 6.10 Å². The predicted octanol–water partition coefficient (Wildman–Crippen LogP) is 5.03. The van der Waals surface area contributed by atoms with E-state index in [-0.39, 0.29) is 11.9 Å². The van der Waals surface area contributed by atoms with Crippen molar-refractivity contribution in [1.82, 2.24) is 0 Å². The van der Waals surface area contributed by atoms with Gasteiger partial charge in [0.25, 0.3) is 0 Å². The highest BCUT2D eigenvalue weighted by molar-refractivity contribution is 7.10. The molecule has 1 aliphatic carbocycles. The Hall–Kier alpha value is -1.19. The molecule has 0 spiro atoms. The Balaban J connectivity index is 1.75. The monoisotopic (exact) mass is 288 g/mol. The lowest BCUT2D eigenvalue weighted by atomic mass is 9.80. The largest absolute Gasteiger partial charge is 0.365 e. The summed E-state index contributed by atoms with van der Waals surface area (Å²) in [6.45, 7) is 0. The maximum absolute atomic E-state index is 13.1. The molecule has 2 aromatic rings. The van der Waals surface area contributed by atoms with Gasteiger partial charge in [0.2, 0.25) is 0 Å². The second kappa shape index (κ2) is 4.97. The van der Waals surface area contributed by atoms with Gasteiger partial charge >= 0.3 is 0 Å². The summed E-state index contributed by atoms with van der Waals surface area (Å²) in [5.41, 5.74) is 2.36. The lowest BCUT2D eigenvalue weighted by molar-refractivity contribution is -0.0374. The second-order valence-corrected chi connectivity index (χ2v) is 6.68. The molecule has 3 unspecified atom stereocenters. The van der Waals surface area contributed by atoms with Gasteiger partial charge in [-0.3, -0.25) is 0 Å². The molecule has 0 amide bonds. The molecule has 2 aliphatic rings. The molecular formula is C17H17FOS. The van der Waals surface area contributed by atoms with E-state index in [1.54, 1.807) is 0 Å². The van der Waals surface area contributed by atoms with Gasteiger partial charge < -0.3 is 4.74 Å². The third-order valence-corrected chi connectivity index (χ3v) is 5.60. The molecule has 1 fully saturated rings. The summed E-state index contributed by atoms with van der Waals surface area (Å²) in [7, 11) is 0. The number of hydrogen-bond acceptors (Lipinski definition) is 2. The highest BCUT2D eigenvalue weighted by atomic mass is 32.1. The molecule has 1 saturated carbocycles. The molecule has 2 heterocycles. The minimum atomic E-state index is -0.189. The Morgan fingerprint density at radius 3 is 2.70 bits per heavy atom. The molecule has 20 heavy (non-hydrogen) atoms. The van der Waals surface area contributed by atoms with Gasteiger partial charge in [0.05, 0.1) is 6.10 Å². The van der Waals surface area contributed by atoms with Gasteiger partial charge in [-0.1, -0.05) is 25.0 Å². The van der Waals surface area contributed by atoms with Crippen LogP contribution >= 0.6 is 11.3 Å². The van der Waals surface area contributed by atoms with Gasteiger partial charge in [0.1, 0.15) is 11.9 Å². The van der Waals surface area contributed by atoms with Crippen LogP contribution in [0.15, 0.2) is 35.7 Å². The number of benzene rings is 1. The van der Waals surface area contributed by atoms with Gasteiger partial charge in [0.15, 0.2) is 0 Å². The molecule has 0 N–H and O–H groups in total. The normalized spacial score (nSPS) is 28.8. The third kappa shape index (κ3) is 2.00. The molecule has 0 bridgehead atoms. The van der Waals surface area contributed by atoms with Gasteiger partial charge in [0, 0.05) is 10.8 Å². The number of hydrogen-bond donors (Lipinski definition) is 0. The van der Waals surface area contributed by atoms with E-state index in [1.807, 2.05) is 23.5 Å². The van der Waals surface area contributed by atoms with E-state index < -0.39 is 0 Å². The molecule has 1 nitrogen and oxygen atoms in total. The van der Waals surface area contributed by atoms with E-state index in [4.69, 9.17) is 4.74 Å². The van der Waals surface area contributed by atoms with Crippen LogP contribution < -0.4 is 0 Å². The fourth-order valence-corrected chi connectivity index (χ4v) is 4.67. The molecule has 104 valence electrons. The summed E-state index contributed by atoms with van der Waals surface area (Å²) in [5.74, 6) is 0.390. The van der Waals surface area contributed by atoms with Crippen molar-refractivity contribution in [3.8, 4) is 0 Å². The van der Waals surface area contributed by atoms with Crippen LogP contribution in [0.5, 0.6) is 0 Å². The molecule has 1 aromatic carbocycles. The lowest BCUT2D eigenvalue weighted by Crippen LogP contribution is -2.32. The number of rotatable bonds is 1. The van der Waals surface area contributed by atoms with Gasteiger partial charge in [-0.2, -0.15) is 0 Å². The highest BCUT2D eigenvalue weighted by Crippen LogP contribution is 2.48. The van der Waals surface area contributed by atoms with Crippen LogP contribution in [0.4, 0.5) is 4.39 Å². The minimum absolute atomic E-state index is 0.0174. The van der Waals surface area contributed by atoms with Crippen LogP contribution in [-0.2, 0) is 4.74 Å². The van der Waals surface area contributed by atoms with Gasteiger partial charge in [-0.05, 0) is 47.5 Å². The Kier molecular flexibility index (Phi) is 3.12. The molecular weight excluding hydrogens is 271 g/mol. The number of ether oxygens (including phenoxy) is 1. The molecule has 0 radical (unpaired) electrons. The minimum Gasteiger partial charge on any atom is -0.365 e. The van der Waals surface area contributed by atoms with E-state index in [9.17, 15) is 4.39 Å². The molecule has 1 aliphatic heterocycles. The summed E-state index contributed by atoms with van der Waals surface area (Å²) >= 11 is 1.86. The van der Waals surface area contributed by atoms with E-state index in [0.29, 0.717) is 12.0 Å². The first-order chi connectivity index (χ1) is 9.83. The fourth-order valence-electron chi connectivity index (χ4n) is 3.55. The SMILES string of the molecule is Fc1ccc(C2OC3CCCCC3c3sccc32)cc1. The zero-order valence-corrected chi connectivity index (χ0v) is 12.0. The van der Waals surface area contributed by atoms with E-state index in [2.05, 4.69) is 11.4 Å². The van der Waals surface area contributed by atoms with Crippen molar-refractivity contribution >= 4 is 11.3 Å². The molecule has 3 atom stereocenters. The van der Waals surface area contributed by atoms with Crippen molar-refractivity contribution in [2.45, 2.75) is 43.8 Å². The van der Waals surface area contributed by atoms with Crippen LogP contribution in [0, 0.1) is 5.82 Å². The fraction of sp³-hybridized carbons (Fsp3) is 0.412. The number of halogens is 1. The van der Waals surface area contributed by atoms with E-state index >= 15 is 0 Å². The number of thiophene rings is 1. The topological polar surface area (TPSA) is 9.23 Å². The van der Waals surface area contributed by atoms with Crippen LogP contribution in [0.3, 0.4) is 0 Å². The quantitative estimate of drug-likeness (QED) is 0.715. The zero-order chi connectivity index (χ0) is 13.5. The summed E-state index contributed by atoms with van der Waals surface area (Å²) < 4.78 is 19.5. The first-order valence-corrected chi connectivity index (χ1v) is 8.19. The van der Waals surface area contributed by atoms with Crippen molar-refractivity contribution in [2.24, 2.45) is 0 Å². The molecule has 0 saturated heterocycles. The first-order valence-electron chi connectivity index (χ1n) is 7.31. The summed E-state index contributed by atoms with van der Waals surface area (Å²) in [6, 6.07) is 8.93. The standard InChI is InChI=1S/C17H17FOS/c18-12-7-5-11(6-8-12)16-14-9-10-20-17(14)13-3-1-2-4-15(13)19-16/h5-10,13,15-16H,1-4H2. The summed E-state index contributed by atoms with van der Waals surface area (Å²) in [5, 5.41) is 2.17. The van der Waals surface area contributed by atoms with Crippen molar-refractivity contribution in [1.29, 1.82) is 0 Å². The van der Waals surface area contributed by atoms with Crippen LogP contribution in [0.2, 0.25) is 0 Å². The summed E-state index contributed by atoms with van der Waals surface area (Å²) in [4.78, 5) is 1.50. The Morgan fingerprint density at radius 2 is 1.85 bits per heavy atom. The Morgan fingerprint density at radius 1 is 1.05 bits per heavy atom. The maximum atomic E-state index is 13.1. The average molecular weight is 288 g/mol. The van der Waals surface area contributed by atoms with Crippen molar-refractivity contribution in [2.75, 3.05) is 0 Å². The predicted molar refractivity (Wildman–Crippen MR) is 78.6 cm³/mol. The third-order valence-electron chi connectivity index (χ3n) is 4.53. The first kappa shape index (κ1) is 12.5. The molecule has 1 aromatic heterocycles. The van der Waals surface area contributed by atoms with Crippen molar-refractivity contribution in [3.05, 3.63) is 57.5 Å². The van der Waals surface area contributed by atoms with E-state index in [0.717, 1.165) is 12.0 Å². The van der Waals surface area contributed by atoms with Gasteiger partial charge in [-0.15, -0.1) is 11.3 Å². The number of fused-ring (bicyclic) bond motifs is 3. The van der Waals surface area contributed by atoms with Crippen molar-refractivity contribution < 1.29 is 9.13 Å². The van der Waals surface area contributed by atoms with Gasteiger partial charge in [-0.25, -0.2) is 4.39 Å². The second-order valence-electron chi connectivity index (χ2n) is 5.74. The lowest BCUT2D eigenvalue weighted by Gasteiger charge is -2.39. The average Bonchev–Trinajstić information content (AvgIpc) is 2.97. The van der Waals surface area contributed by atoms with Crippen LogP contribution in [0.1, 0.15) is 53.7 Å². The molecule has 4 rings (SSSR count). The maximum Gasteiger partial charge on any atom is 0.123 e. The Labute approximate surface area is 122 Å². The molecule has 3 heteroatoms. The summed E-state index contributed by atoms with van der Waals surface area (Å²) in [6.07, 6.45) is 5.29. The zero-order valence-electron chi connectivity index (χ0n) is 11.2. The smallest absolute Gasteiger partial charge is 0.123 e. The van der Waals surface area contributed by atoms with E-state index in [1.165, 1.54) is 41.8 Å².